The van der Waals surface area contributed by atoms with E-state index in [1.165, 1.54) is 0 Å². The lowest BCUT2D eigenvalue weighted by molar-refractivity contribution is 0.118. The first-order chi connectivity index (χ1) is 3.83. The Morgan fingerprint density at radius 2 is 2.75 bits per heavy atom. The maximum absolute atomic E-state index is 6.52. The zero-order valence-electron chi connectivity index (χ0n) is 4.59. The molecule has 0 N–H and O–H groups in total. The molecule has 0 radical (unpaired) electrons. The maximum Gasteiger partial charge on any atom is 0.392 e. The fourth-order valence-electron chi connectivity index (χ4n) is 0.547. The average Bonchev–Trinajstić information content (AvgIpc) is 2.14. The van der Waals surface area contributed by atoms with Gasteiger partial charge < -0.3 is 4.84 Å². The predicted octanol–water partition coefficient (Wildman–Crippen LogP) is 1.03. The summed E-state index contributed by atoms with van der Waals surface area (Å²) < 4.78 is 0. The fraction of sp³-hybridized carbons (Fsp3) is 0.600. The van der Waals surface area contributed by atoms with Crippen LogP contribution < -0.4 is 0 Å². The number of nitrogens with zero attached hydrogens (tertiary/aromatic N) is 2. The van der Waals surface area contributed by atoms with Gasteiger partial charge in [-0.25, -0.2) is 6.57 Å². The smallest absolute Gasteiger partial charge is 0.314 e. The van der Waals surface area contributed by atoms with E-state index in [2.05, 4.69) is 14.8 Å². The molecular formula is C5H6N2O. The molecule has 1 heterocycles. The van der Waals surface area contributed by atoms with E-state index in [9.17, 15) is 0 Å². The third-order valence-electron chi connectivity index (χ3n) is 0.944. The van der Waals surface area contributed by atoms with E-state index in [-0.39, 0.29) is 6.23 Å². The zero-order chi connectivity index (χ0) is 5.98. The highest BCUT2D eigenvalue weighted by Crippen LogP contribution is 2.09. The minimum absolute atomic E-state index is 0.338. The first-order valence-corrected chi connectivity index (χ1v) is 2.39. The van der Waals surface area contributed by atoms with Gasteiger partial charge >= 0.3 is 6.23 Å². The standard InChI is InChI=1S/C5H6N2O/c1-4-3-5(6-2)8-7-4/h5H,3H2,1H3. The van der Waals surface area contributed by atoms with Gasteiger partial charge in [-0.05, 0) is 6.92 Å². The van der Waals surface area contributed by atoms with Crippen LogP contribution in [0.15, 0.2) is 5.16 Å². The summed E-state index contributed by atoms with van der Waals surface area (Å²) in [5, 5.41) is 3.59. The lowest BCUT2D eigenvalue weighted by Crippen LogP contribution is -1.98. The summed E-state index contributed by atoms with van der Waals surface area (Å²) in [6, 6.07) is 0. The number of hydrogen-bond acceptors (Lipinski definition) is 2. The van der Waals surface area contributed by atoms with Crippen LogP contribution in [0.4, 0.5) is 0 Å². The normalized spacial score (nSPS) is 26.0. The second-order valence-electron chi connectivity index (χ2n) is 1.72. The highest BCUT2D eigenvalue weighted by Gasteiger charge is 2.20. The van der Waals surface area contributed by atoms with Gasteiger partial charge in [0, 0.05) is 0 Å². The third-order valence-corrected chi connectivity index (χ3v) is 0.944. The van der Waals surface area contributed by atoms with Gasteiger partial charge in [-0.1, -0.05) is 5.16 Å². The monoisotopic (exact) mass is 110 g/mol. The molecule has 0 saturated heterocycles. The molecule has 0 amide bonds. The van der Waals surface area contributed by atoms with Crippen LogP contribution in [0, 0.1) is 6.57 Å². The number of rotatable bonds is 0. The quantitative estimate of drug-likeness (QED) is 0.427. The molecule has 1 unspecified atom stereocenters. The molecule has 0 aromatic rings. The van der Waals surface area contributed by atoms with Crippen LogP contribution >= 0.6 is 0 Å². The number of hydrogen-bond donors (Lipinski definition) is 0. The topological polar surface area (TPSA) is 25.9 Å². The molecule has 0 fully saturated rings. The highest BCUT2D eigenvalue weighted by atomic mass is 16.7. The lowest BCUT2D eigenvalue weighted by Gasteiger charge is -1.87. The summed E-state index contributed by atoms with van der Waals surface area (Å²) in [4.78, 5) is 7.80. The molecule has 1 rings (SSSR count). The van der Waals surface area contributed by atoms with E-state index in [1.807, 2.05) is 6.92 Å². The maximum atomic E-state index is 6.52. The molecule has 0 saturated carbocycles. The van der Waals surface area contributed by atoms with Crippen molar-refractivity contribution < 1.29 is 4.84 Å². The molecule has 3 heteroatoms. The van der Waals surface area contributed by atoms with E-state index in [4.69, 9.17) is 6.57 Å². The average molecular weight is 110 g/mol. The van der Waals surface area contributed by atoms with Crippen molar-refractivity contribution in [1.82, 2.24) is 0 Å². The molecular weight excluding hydrogens is 104 g/mol. The van der Waals surface area contributed by atoms with Gasteiger partial charge in [0.1, 0.15) is 6.42 Å². The van der Waals surface area contributed by atoms with Crippen molar-refractivity contribution in [3.8, 4) is 0 Å². The van der Waals surface area contributed by atoms with Crippen molar-refractivity contribution in [2.75, 3.05) is 0 Å². The first kappa shape index (κ1) is 5.10. The Balaban J connectivity index is 2.47. The Kier molecular flexibility index (Phi) is 1.17. The minimum atomic E-state index is -0.338. The van der Waals surface area contributed by atoms with Crippen molar-refractivity contribution >= 4 is 5.71 Å². The third kappa shape index (κ3) is 0.784. The van der Waals surface area contributed by atoms with Crippen LogP contribution in [0.1, 0.15) is 13.3 Å². The van der Waals surface area contributed by atoms with Gasteiger partial charge in [0.05, 0.1) is 5.71 Å². The summed E-state index contributed by atoms with van der Waals surface area (Å²) in [5.41, 5.74) is 0.908. The second-order valence-corrected chi connectivity index (χ2v) is 1.72. The van der Waals surface area contributed by atoms with Crippen molar-refractivity contribution in [2.45, 2.75) is 19.6 Å². The molecule has 1 aliphatic rings. The molecule has 0 bridgehead atoms. The van der Waals surface area contributed by atoms with E-state index in [1.54, 1.807) is 0 Å². The summed E-state index contributed by atoms with van der Waals surface area (Å²) in [7, 11) is 0. The molecule has 0 aliphatic carbocycles. The molecule has 0 spiro atoms. The summed E-state index contributed by atoms with van der Waals surface area (Å²) >= 11 is 0. The van der Waals surface area contributed by atoms with Crippen molar-refractivity contribution in [3.63, 3.8) is 0 Å². The van der Waals surface area contributed by atoms with Crippen LogP contribution in [0.5, 0.6) is 0 Å². The second kappa shape index (κ2) is 1.83. The van der Waals surface area contributed by atoms with Crippen molar-refractivity contribution in [1.29, 1.82) is 0 Å². The molecule has 1 aliphatic heterocycles. The van der Waals surface area contributed by atoms with Gasteiger partial charge in [0.25, 0.3) is 0 Å². The van der Waals surface area contributed by atoms with Gasteiger partial charge in [0.15, 0.2) is 0 Å². The molecule has 1 atom stereocenters. The largest absolute Gasteiger partial charge is 0.392 e. The lowest BCUT2D eigenvalue weighted by atomic mass is 10.3. The molecule has 8 heavy (non-hydrogen) atoms. The number of oxime groups is 1. The molecule has 0 aromatic carbocycles. The Morgan fingerprint density at radius 3 is 3.00 bits per heavy atom. The first-order valence-electron chi connectivity index (χ1n) is 2.39. The van der Waals surface area contributed by atoms with Gasteiger partial charge in [-0.2, -0.15) is 0 Å². The molecule has 0 aromatic heterocycles. The van der Waals surface area contributed by atoms with Crippen molar-refractivity contribution in [3.05, 3.63) is 11.4 Å². The van der Waals surface area contributed by atoms with Crippen LogP contribution in [-0.2, 0) is 4.84 Å². The molecule has 3 nitrogen and oxygen atoms in total. The van der Waals surface area contributed by atoms with E-state index < -0.39 is 0 Å². The fourth-order valence-corrected chi connectivity index (χ4v) is 0.547. The zero-order valence-corrected chi connectivity index (χ0v) is 4.59. The van der Waals surface area contributed by atoms with Gasteiger partial charge in [-0.3, -0.25) is 4.85 Å². The Labute approximate surface area is 47.8 Å². The Morgan fingerprint density at radius 1 is 2.00 bits per heavy atom. The molecule has 42 valence electrons. The van der Waals surface area contributed by atoms with Gasteiger partial charge in [0.2, 0.25) is 0 Å². The Bertz CT molecular complexity index is 156. The van der Waals surface area contributed by atoms with E-state index in [0.29, 0.717) is 6.42 Å². The van der Waals surface area contributed by atoms with Crippen LogP contribution in [-0.4, -0.2) is 11.9 Å². The van der Waals surface area contributed by atoms with E-state index in [0.717, 1.165) is 5.71 Å². The highest BCUT2D eigenvalue weighted by molar-refractivity contribution is 5.82. The van der Waals surface area contributed by atoms with Crippen LogP contribution in [0.3, 0.4) is 0 Å². The van der Waals surface area contributed by atoms with E-state index >= 15 is 0 Å². The van der Waals surface area contributed by atoms with Crippen LogP contribution in [0.25, 0.3) is 4.85 Å². The Hall–Kier alpha value is -1.04. The van der Waals surface area contributed by atoms with Crippen LogP contribution in [0.2, 0.25) is 0 Å². The summed E-state index contributed by atoms with van der Waals surface area (Å²) in [6.45, 7) is 8.37. The minimum Gasteiger partial charge on any atom is -0.314 e. The summed E-state index contributed by atoms with van der Waals surface area (Å²) in [5.74, 6) is 0. The van der Waals surface area contributed by atoms with Gasteiger partial charge in [-0.15, -0.1) is 0 Å². The predicted molar refractivity (Wildman–Crippen MR) is 29.2 cm³/mol. The van der Waals surface area contributed by atoms with Crippen molar-refractivity contribution in [2.24, 2.45) is 5.16 Å². The summed E-state index contributed by atoms with van der Waals surface area (Å²) in [6.07, 6.45) is 0.332. The SMILES string of the molecule is [C-]#[N+]C1CC(C)=NO1.